The van der Waals surface area contributed by atoms with Crippen LogP contribution in [0.2, 0.25) is 0 Å². The van der Waals surface area contributed by atoms with Crippen molar-refractivity contribution >= 4 is 17.2 Å². The highest BCUT2D eigenvalue weighted by Crippen LogP contribution is 2.14. The molecule has 0 aromatic carbocycles. The highest BCUT2D eigenvalue weighted by molar-refractivity contribution is 7.09. The molecule has 19 heavy (non-hydrogen) atoms. The van der Waals surface area contributed by atoms with Crippen LogP contribution in [0.4, 0.5) is 0 Å². The van der Waals surface area contributed by atoms with E-state index in [0.717, 1.165) is 6.42 Å². The normalized spacial score (nSPS) is 12.3. The van der Waals surface area contributed by atoms with Crippen LogP contribution in [0.25, 0.3) is 0 Å². The molecule has 0 fully saturated rings. The van der Waals surface area contributed by atoms with Crippen LogP contribution >= 0.6 is 11.3 Å². The van der Waals surface area contributed by atoms with E-state index in [1.807, 2.05) is 17.5 Å². The van der Waals surface area contributed by atoms with Crippen molar-refractivity contribution in [2.45, 2.75) is 13.3 Å². The summed E-state index contributed by atoms with van der Waals surface area (Å²) in [5.41, 5.74) is 0.549. The third-order valence-electron chi connectivity index (χ3n) is 2.98. The molecule has 0 aliphatic carbocycles. The number of amides is 1. The molecule has 2 heterocycles. The molecule has 0 bridgehead atoms. The van der Waals surface area contributed by atoms with E-state index in [2.05, 4.69) is 5.32 Å². The second kappa shape index (κ2) is 6.54. The number of rotatable bonds is 6. The topological polar surface area (TPSA) is 62.5 Å². The van der Waals surface area contributed by atoms with Gasteiger partial charge in [-0.25, -0.2) is 0 Å². The molecule has 0 aliphatic rings. The molecule has 0 spiro atoms. The van der Waals surface area contributed by atoms with Crippen molar-refractivity contribution in [3.63, 3.8) is 0 Å². The van der Waals surface area contributed by atoms with Gasteiger partial charge >= 0.3 is 0 Å². The van der Waals surface area contributed by atoms with Crippen molar-refractivity contribution in [3.8, 4) is 0 Å². The highest BCUT2D eigenvalue weighted by atomic mass is 32.1. The smallest absolute Gasteiger partial charge is 0.254 e. The zero-order valence-corrected chi connectivity index (χ0v) is 11.6. The average Bonchev–Trinajstić information content (AvgIpc) is 3.05. The molecular weight excluding hydrogens is 262 g/mol. The first-order valence-corrected chi connectivity index (χ1v) is 7.04. The van der Waals surface area contributed by atoms with Crippen molar-refractivity contribution < 1.29 is 14.3 Å². The van der Waals surface area contributed by atoms with Crippen LogP contribution in [0.15, 0.2) is 34.3 Å². The van der Waals surface area contributed by atoms with Gasteiger partial charge in [-0.05, 0) is 30.9 Å². The summed E-state index contributed by atoms with van der Waals surface area (Å²) in [6.45, 7) is 2.27. The summed E-state index contributed by atoms with van der Waals surface area (Å²) in [5.74, 6) is 0.488. The predicted octanol–water partition coefficient (Wildman–Crippen LogP) is 2.23. The van der Waals surface area contributed by atoms with Gasteiger partial charge in [-0.1, -0.05) is 6.07 Å². The quantitative estimate of drug-likeness (QED) is 0.852. The van der Waals surface area contributed by atoms with Crippen molar-refractivity contribution in [1.82, 2.24) is 5.32 Å². The number of aliphatic hydroxyl groups excluding tert-OH is 1. The SMILES string of the molecule is Cc1occc1C(=O)NCC(CO)Cc1cccs1. The maximum absolute atomic E-state index is 11.9. The Labute approximate surface area is 116 Å². The van der Waals surface area contributed by atoms with Gasteiger partial charge in [0.25, 0.3) is 5.91 Å². The molecule has 1 atom stereocenters. The number of aliphatic hydroxyl groups is 1. The summed E-state index contributed by atoms with van der Waals surface area (Å²) in [7, 11) is 0. The molecule has 5 heteroatoms. The molecule has 0 radical (unpaired) electrons. The van der Waals surface area contributed by atoms with E-state index in [4.69, 9.17) is 4.42 Å². The molecule has 0 aliphatic heterocycles. The maximum Gasteiger partial charge on any atom is 0.254 e. The second-order valence-electron chi connectivity index (χ2n) is 4.43. The van der Waals surface area contributed by atoms with E-state index in [0.29, 0.717) is 17.9 Å². The summed E-state index contributed by atoms with van der Waals surface area (Å²) in [6, 6.07) is 5.68. The first-order valence-electron chi connectivity index (χ1n) is 6.16. The number of hydrogen-bond donors (Lipinski definition) is 2. The van der Waals surface area contributed by atoms with Crippen LogP contribution in [0, 0.1) is 12.8 Å². The molecule has 102 valence electrons. The summed E-state index contributed by atoms with van der Waals surface area (Å²) < 4.78 is 5.10. The Morgan fingerprint density at radius 2 is 2.37 bits per heavy atom. The van der Waals surface area contributed by atoms with Crippen molar-refractivity contribution in [3.05, 3.63) is 46.0 Å². The highest BCUT2D eigenvalue weighted by Gasteiger charge is 2.14. The fraction of sp³-hybridized carbons (Fsp3) is 0.357. The van der Waals surface area contributed by atoms with Gasteiger partial charge in [0.15, 0.2) is 0 Å². The summed E-state index contributed by atoms with van der Waals surface area (Å²) in [6.07, 6.45) is 2.28. The third kappa shape index (κ3) is 3.68. The zero-order valence-electron chi connectivity index (χ0n) is 10.8. The molecule has 4 nitrogen and oxygen atoms in total. The van der Waals surface area contributed by atoms with Gasteiger partial charge < -0.3 is 14.8 Å². The molecule has 1 unspecified atom stereocenters. The van der Waals surface area contributed by atoms with Gasteiger partial charge in [0.1, 0.15) is 5.76 Å². The first-order chi connectivity index (χ1) is 9.20. The maximum atomic E-state index is 11.9. The molecule has 2 aromatic rings. The zero-order chi connectivity index (χ0) is 13.7. The number of aryl methyl sites for hydroxylation is 1. The molecule has 1 amide bonds. The Bertz CT molecular complexity index is 519. The fourth-order valence-corrected chi connectivity index (χ4v) is 2.69. The summed E-state index contributed by atoms with van der Waals surface area (Å²) >= 11 is 1.66. The lowest BCUT2D eigenvalue weighted by Crippen LogP contribution is -2.31. The Morgan fingerprint density at radius 1 is 1.53 bits per heavy atom. The van der Waals surface area contributed by atoms with Crippen LogP contribution in [-0.4, -0.2) is 24.2 Å². The van der Waals surface area contributed by atoms with Gasteiger partial charge in [0.2, 0.25) is 0 Å². The lowest BCUT2D eigenvalue weighted by molar-refractivity contribution is 0.0938. The van der Waals surface area contributed by atoms with Crippen molar-refractivity contribution in [1.29, 1.82) is 0 Å². The van der Waals surface area contributed by atoms with Crippen LogP contribution in [-0.2, 0) is 6.42 Å². The lowest BCUT2D eigenvalue weighted by Gasteiger charge is -2.14. The molecule has 2 rings (SSSR count). The van der Waals surface area contributed by atoms with Gasteiger partial charge in [-0.15, -0.1) is 11.3 Å². The van der Waals surface area contributed by atoms with Crippen LogP contribution < -0.4 is 5.32 Å². The lowest BCUT2D eigenvalue weighted by atomic mass is 10.1. The Balaban J connectivity index is 1.86. The molecule has 0 saturated heterocycles. The minimum Gasteiger partial charge on any atom is -0.469 e. The van der Waals surface area contributed by atoms with Gasteiger partial charge in [-0.3, -0.25) is 4.79 Å². The number of nitrogens with one attached hydrogen (secondary N) is 1. The Morgan fingerprint density at radius 3 is 2.95 bits per heavy atom. The largest absolute Gasteiger partial charge is 0.469 e. The van der Waals surface area contributed by atoms with Gasteiger partial charge in [0.05, 0.1) is 11.8 Å². The molecule has 2 N–H and O–H groups in total. The fourth-order valence-electron chi connectivity index (χ4n) is 1.87. The van der Waals surface area contributed by atoms with E-state index < -0.39 is 0 Å². The van der Waals surface area contributed by atoms with E-state index in [1.165, 1.54) is 11.1 Å². The monoisotopic (exact) mass is 279 g/mol. The number of furan rings is 1. The minimum atomic E-state index is -0.157. The van der Waals surface area contributed by atoms with Crippen LogP contribution in [0.3, 0.4) is 0 Å². The predicted molar refractivity (Wildman–Crippen MR) is 74.4 cm³/mol. The second-order valence-corrected chi connectivity index (χ2v) is 5.46. The van der Waals surface area contributed by atoms with E-state index in [1.54, 1.807) is 24.3 Å². The standard InChI is InChI=1S/C14H17NO3S/c1-10-13(4-5-18-10)14(17)15-8-11(9-16)7-12-3-2-6-19-12/h2-6,11,16H,7-9H2,1H3,(H,15,17). The van der Waals surface area contributed by atoms with E-state index >= 15 is 0 Å². The Hall–Kier alpha value is -1.59. The molecular formula is C14H17NO3S. The Kier molecular flexibility index (Phi) is 4.76. The summed E-state index contributed by atoms with van der Waals surface area (Å²) in [5, 5.41) is 14.2. The number of thiophene rings is 1. The first kappa shape index (κ1) is 13.8. The number of carbonyl (C=O) groups is 1. The third-order valence-corrected chi connectivity index (χ3v) is 3.88. The van der Waals surface area contributed by atoms with Crippen LogP contribution in [0.5, 0.6) is 0 Å². The number of carbonyl (C=O) groups excluding carboxylic acids is 1. The summed E-state index contributed by atoms with van der Waals surface area (Å²) in [4.78, 5) is 13.1. The van der Waals surface area contributed by atoms with Crippen molar-refractivity contribution in [2.75, 3.05) is 13.2 Å². The van der Waals surface area contributed by atoms with Gasteiger partial charge in [-0.2, -0.15) is 0 Å². The van der Waals surface area contributed by atoms with Crippen LogP contribution in [0.1, 0.15) is 21.0 Å². The van der Waals surface area contributed by atoms with Gasteiger partial charge in [0, 0.05) is 23.9 Å². The number of hydrogen-bond acceptors (Lipinski definition) is 4. The molecule has 0 saturated carbocycles. The van der Waals surface area contributed by atoms with E-state index in [9.17, 15) is 9.90 Å². The molecule has 2 aromatic heterocycles. The minimum absolute atomic E-state index is 0.0369. The average molecular weight is 279 g/mol. The van der Waals surface area contributed by atoms with E-state index in [-0.39, 0.29) is 18.4 Å². The van der Waals surface area contributed by atoms with Crippen molar-refractivity contribution in [2.24, 2.45) is 5.92 Å².